The summed E-state index contributed by atoms with van der Waals surface area (Å²) in [4.78, 5) is 22.0. The summed E-state index contributed by atoms with van der Waals surface area (Å²) in [6.45, 7) is 0. The van der Waals surface area contributed by atoms with Crippen LogP contribution in [0.15, 0.2) is 24.3 Å². The van der Waals surface area contributed by atoms with Crippen molar-refractivity contribution in [2.45, 2.75) is 0 Å². The lowest BCUT2D eigenvalue weighted by Crippen LogP contribution is -2.15. The fraction of sp³-hybridized carbons (Fsp3) is 0.100. The summed E-state index contributed by atoms with van der Waals surface area (Å²) in [6.07, 6.45) is 0. The molecule has 0 bridgehead atoms. The van der Waals surface area contributed by atoms with Gasteiger partial charge in [0.25, 0.3) is 5.78 Å². The van der Waals surface area contributed by atoms with Crippen LogP contribution in [0.3, 0.4) is 0 Å². The van der Waals surface area contributed by atoms with Gasteiger partial charge in [-0.25, -0.2) is 4.79 Å². The monoisotopic (exact) mass is 189 g/mol. The minimum Gasteiger partial charge on any atom is -0.463 e. The fourth-order valence-corrected chi connectivity index (χ4v) is 0.907. The minimum atomic E-state index is -0.908. The van der Waals surface area contributed by atoms with Crippen LogP contribution in [0.1, 0.15) is 15.9 Å². The molecule has 0 atom stereocenters. The molecule has 1 aromatic carbocycles. The van der Waals surface area contributed by atoms with Crippen LogP contribution < -0.4 is 0 Å². The molecule has 0 amide bonds. The van der Waals surface area contributed by atoms with E-state index in [-0.39, 0.29) is 5.56 Å². The van der Waals surface area contributed by atoms with Crippen molar-refractivity contribution in [3.8, 4) is 6.07 Å². The third-order valence-electron chi connectivity index (χ3n) is 1.65. The molecule has 0 aliphatic carbocycles. The maximum Gasteiger partial charge on any atom is 0.379 e. The summed E-state index contributed by atoms with van der Waals surface area (Å²) in [5.41, 5.74) is 0.655. The van der Waals surface area contributed by atoms with Crippen molar-refractivity contribution in [3.05, 3.63) is 35.4 Å². The van der Waals surface area contributed by atoms with Crippen molar-refractivity contribution in [1.82, 2.24) is 0 Å². The molecule has 0 N–H and O–H groups in total. The average molecular weight is 189 g/mol. The summed E-state index contributed by atoms with van der Waals surface area (Å²) in [6, 6.07) is 7.67. The molecule has 70 valence electrons. The molecule has 0 aliphatic rings. The summed E-state index contributed by atoms with van der Waals surface area (Å²) in [5.74, 6) is -1.62. The van der Waals surface area contributed by atoms with Gasteiger partial charge < -0.3 is 4.74 Å². The van der Waals surface area contributed by atoms with Gasteiger partial charge in [0.15, 0.2) is 0 Å². The Morgan fingerprint density at radius 3 is 2.29 bits per heavy atom. The number of methoxy groups -OCH3 is 1. The minimum absolute atomic E-state index is 0.218. The number of hydrogen-bond donors (Lipinski definition) is 0. The Morgan fingerprint density at radius 2 is 1.86 bits per heavy atom. The zero-order valence-corrected chi connectivity index (χ0v) is 7.48. The number of benzene rings is 1. The van der Waals surface area contributed by atoms with Crippen LogP contribution in [-0.2, 0) is 9.53 Å². The van der Waals surface area contributed by atoms with E-state index in [2.05, 4.69) is 4.74 Å². The highest BCUT2D eigenvalue weighted by Crippen LogP contribution is 2.04. The predicted molar refractivity (Wildman–Crippen MR) is 47.5 cm³/mol. The number of Topliss-reactive ketones (excluding diaryl/α,β-unsaturated/α-hetero) is 1. The Hall–Kier alpha value is -2.15. The van der Waals surface area contributed by atoms with Crippen LogP contribution in [0.25, 0.3) is 0 Å². The SMILES string of the molecule is COC(=O)C(=O)c1ccc(C#N)cc1. The summed E-state index contributed by atoms with van der Waals surface area (Å²) < 4.78 is 4.27. The second kappa shape index (κ2) is 4.19. The van der Waals surface area contributed by atoms with Crippen molar-refractivity contribution >= 4 is 11.8 Å². The van der Waals surface area contributed by atoms with Crippen LogP contribution in [0, 0.1) is 11.3 Å². The number of ketones is 1. The molecule has 0 aromatic heterocycles. The van der Waals surface area contributed by atoms with Crippen molar-refractivity contribution in [1.29, 1.82) is 5.26 Å². The Labute approximate surface area is 80.7 Å². The quantitative estimate of drug-likeness (QED) is 0.394. The zero-order chi connectivity index (χ0) is 10.6. The van der Waals surface area contributed by atoms with Gasteiger partial charge in [-0.2, -0.15) is 5.26 Å². The maximum atomic E-state index is 11.2. The highest BCUT2D eigenvalue weighted by molar-refractivity contribution is 6.40. The molecule has 0 aliphatic heterocycles. The number of carbonyl (C=O) groups excluding carboxylic acids is 2. The van der Waals surface area contributed by atoms with Crippen molar-refractivity contribution in [3.63, 3.8) is 0 Å². The van der Waals surface area contributed by atoms with Crippen LogP contribution in [0.5, 0.6) is 0 Å². The predicted octanol–water partition coefficient (Wildman–Crippen LogP) is 0.914. The van der Waals surface area contributed by atoms with Gasteiger partial charge in [-0.3, -0.25) is 4.79 Å². The fourth-order valence-electron chi connectivity index (χ4n) is 0.907. The van der Waals surface area contributed by atoms with E-state index in [0.717, 1.165) is 7.11 Å². The lowest BCUT2D eigenvalue weighted by Gasteiger charge is -1.97. The lowest BCUT2D eigenvalue weighted by atomic mass is 10.1. The van der Waals surface area contributed by atoms with Gasteiger partial charge in [0.1, 0.15) is 0 Å². The molecule has 0 fully saturated rings. The number of hydrogen-bond acceptors (Lipinski definition) is 4. The van der Waals surface area contributed by atoms with Crippen molar-refractivity contribution < 1.29 is 14.3 Å². The first kappa shape index (κ1) is 9.93. The normalized spacial score (nSPS) is 8.86. The van der Waals surface area contributed by atoms with Crippen LogP contribution in [0.4, 0.5) is 0 Å². The van der Waals surface area contributed by atoms with E-state index in [9.17, 15) is 9.59 Å². The molecule has 0 radical (unpaired) electrons. The first-order valence-corrected chi connectivity index (χ1v) is 3.82. The molecule has 0 heterocycles. The third kappa shape index (κ3) is 1.96. The topological polar surface area (TPSA) is 67.2 Å². The second-order valence-electron chi connectivity index (χ2n) is 2.51. The van der Waals surface area contributed by atoms with Crippen molar-refractivity contribution in [2.24, 2.45) is 0 Å². The van der Waals surface area contributed by atoms with E-state index < -0.39 is 11.8 Å². The molecular formula is C10H7NO3. The molecule has 1 rings (SSSR count). The molecular weight excluding hydrogens is 182 g/mol. The Bertz CT molecular complexity index is 400. The summed E-state index contributed by atoms with van der Waals surface area (Å²) in [7, 11) is 1.14. The number of ether oxygens (including phenoxy) is 1. The van der Waals surface area contributed by atoms with Gasteiger partial charge in [0.2, 0.25) is 0 Å². The van der Waals surface area contributed by atoms with E-state index in [0.29, 0.717) is 5.56 Å². The average Bonchev–Trinajstić information content (AvgIpc) is 2.27. The molecule has 1 aromatic rings. The molecule has 0 saturated heterocycles. The van der Waals surface area contributed by atoms with Gasteiger partial charge in [-0.05, 0) is 24.3 Å². The molecule has 4 heteroatoms. The van der Waals surface area contributed by atoms with Gasteiger partial charge in [-0.15, -0.1) is 0 Å². The Morgan fingerprint density at radius 1 is 1.29 bits per heavy atom. The van der Waals surface area contributed by atoms with E-state index in [1.54, 1.807) is 0 Å². The first-order valence-electron chi connectivity index (χ1n) is 3.82. The number of nitriles is 1. The van der Waals surface area contributed by atoms with Gasteiger partial charge in [0, 0.05) is 5.56 Å². The number of rotatable bonds is 2. The molecule has 14 heavy (non-hydrogen) atoms. The summed E-state index contributed by atoms with van der Waals surface area (Å²) >= 11 is 0. The molecule has 0 unspecified atom stereocenters. The highest BCUT2D eigenvalue weighted by Gasteiger charge is 2.15. The van der Waals surface area contributed by atoms with Crippen LogP contribution >= 0.6 is 0 Å². The molecule has 0 saturated carbocycles. The second-order valence-corrected chi connectivity index (χ2v) is 2.51. The van der Waals surface area contributed by atoms with Crippen molar-refractivity contribution in [2.75, 3.05) is 7.11 Å². The van der Waals surface area contributed by atoms with E-state index in [1.165, 1.54) is 24.3 Å². The lowest BCUT2D eigenvalue weighted by molar-refractivity contribution is -0.135. The van der Waals surface area contributed by atoms with Gasteiger partial charge in [-0.1, -0.05) is 0 Å². The van der Waals surface area contributed by atoms with Gasteiger partial charge in [0.05, 0.1) is 18.7 Å². The van der Waals surface area contributed by atoms with E-state index in [4.69, 9.17) is 5.26 Å². The Kier molecular flexibility index (Phi) is 2.97. The maximum absolute atomic E-state index is 11.2. The zero-order valence-electron chi connectivity index (χ0n) is 7.48. The first-order chi connectivity index (χ1) is 6.69. The molecule has 0 spiro atoms. The largest absolute Gasteiger partial charge is 0.463 e. The van der Waals surface area contributed by atoms with E-state index >= 15 is 0 Å². The highest BCUT2D eigenvalue weighted by atomic mass is 16.5. The number of esters is 1. The Balaban J connectivity index is 2.94. The standard InChI is InChI=1S/C10H7NO3/c1-14-10(13)9(12)8-4-2-7(6-11)3-5-8/h2-5H,1H3. The smallest absolute Gasteiger partial charge is 0.379 e. The number of carbonyl (C=O) groups is 2. The van der Waals surface area contributed by atoms with Crippen LogP contribution in [-0.4, -0.2) is 18.9 Å². The number of nitrogens with zero attached hydrogens (tertiary/aromatic N) is 1. The van der Waals surface area contributed by atoms with Crippen LogP contribution in [0.2, 0.25) is 0 Å². The van der Waals surface area contributed by atoms with E-state index in [1.807, 2.05) is 6.07 Å². The third-order valence-corrected chi connectivity index (χ3v) is 1.65. The summed E-state index contributed by atoms with van der Waals surface area (Å²) in [5, 5.41) is 8.50. The van der Waals surface area contributed by atoms with Gasteiger partial charge >= 0.3 is 5.97 Å². The molecule has 4 nitrogen and oxygen atoms in total.